The molecule has 1 amide bonds. The highest BCUT2D eigenvalue weighted by Gasteiger charge is 2.44. The minimum atomic E-state index is -3.68. The Balaban J connectivity index is 1.30. The zero-order chi connectivity index (χ0) is 28.8. The quantitative estimate of drug-likeness (QED) is 0.429. The van der Waals surface area contributed by atoms with Gasteiger partial charge in [0.15, 0.2) is 5.82 Å². The van der Waals surface area contributed by atoms with Crippen molar-refractivity contribution < 1.29 is 23.1 Å². The number of aliphatic hydroxyl groups is 1. The third-order valence-corrected chi connectivity index (χ3v) is 10.2. The molecule has 0 unspecified atom stereocenters. The second kappa shape index (κ2) is 11.0. The van der Waals surface area contributed by atoms with E-state index in [0.29, 0.717) is 35.6 Å². The van der Waals surface area contributed by atoms with E-state index in [1.54, 1.807) is 18.2 Å². The predicted octanol–water partition coefficient (Wildman–Crippen LogP) is 2.67. The van der Waals surface area contributed by atoms with Crippen molar-refractivity contribution in [2.45, 2.75) is 45.1 Å². The molecular weight excluding hydrogens is 544 g/mol. The predicted molar refractivity (Wildman–Crippen MR) is 161 cm³/mol. The zero-order valence-corrected chi connectivity index (χ0v) is 24.7. The maximum Gasteiger partial charge on any atom is 0.274 e. The number of piperidine rings is 1. The summed E-state index contributed by atoms with van der Waals surface area (Å²) in [7, 11) is -1.62. The van der Waals surface area contributed by atoms with Gasteiger partial charge in [-0.25, -0.2) is 13.4 Å². The second-order valence-corrected chi connectivity index (χ2v) is 13.8. The first-order valence-electron chi connectivity index (χ1n) is 14.6. The molecule has 2 aromatic rings. The molecule has 3 N–H and O–H groups in total. The van der Waals surface area contributed by atoms with Gasteiger partial charge in [-0.1, -0.05) is 0 Å². The second-order valence-electron chi connectivity index (χ2n) is 12.0. The largest absolute Gasteiger partial charge is 0.395 e. The van der Waals surface area contributed by atoms with Gasteiger partial charge in [-0.15, -0.1) is 0 Å². The molecule has 1 aliphatic carbocycles. The number of benzene rings is 1. The SMILES string of the molecule is C[C@@H]1CN(c2nc(C(=O)Nc3ccc(NS(=O)(=O)CCO)cc3N3CCC4(CC3)CC4)cc3c2N(C)CC3)CCO1. The smallest absolute Gasteiger partial charge is 0.274 e. The lowest BCUT2D eigenvalue weighted by Crippen LogP contribution is -2.42. The molecule has 2 saturated heterocycles. The zero-order valence-electron chi connectivity index (χ0n) is 23.9. The van der Waals surface area contributed by atoms with E-state index >= 15 is 0 Å². The molecule has 222 valence electrons. The Labute approximate surface area is 241 Å². The molecule has 11 nitrogen and oxygen atoms in total. The minimum Gasteiger partial charge on any atom is -0.395 e. The van der Waals surface area contributed by atoms with E-state index in [4.69, 9.17) is 14.8 Å². The number of sulfonamides is 1. The van der Waals surface area contributed by atoms with Crippen LogP contribution in [0.1, 0.15) is 48.7 Å². The monoisotopic (exact) mass is 584 g/mol. The molecule has 1 aromatic carbocycles. The van der Waals surface area contributed by atoms with Crippen LogP contribution in [0.15, 0.2) is 24.3 Å². The van der Waals surface area contributed by atoms with Gasteiger partial charge in [-0.2, -0.15) is 0 Å². The molecule has 1 spiro atoms. The summed E-state index contributed by atoms with van der Waals surface area (Å²) in [6.07, 6.45) is 5.65. The fraction of sp³-hybridized carbons (Fsp3) is 0.586. The summed E-state index contributed by atoms with van der Waals surface area (Å²) >= 11 is 0. The fourth-order valence-corrected chi connectivity index (χ4v) is 7.16. The summed E-state index contributed by atoms with van der Waals surface area (Å²) in [4.78, 5) is 25.3. The van der Waals surface area contributed by atoms with E-state index in [-0.39, 0.29) is 17.8 Å². The number of hydrogen-bond acceptors (Lipinski definition) is 9. The standard InChI is InChI=1S/C29H40N6O5S/c1-20-19-35(13-15-40-20)27-26-21(5-10-33(26)2)17-24(30-27)28(37)31-23-4-3-22(32-41(38,39)16-14-36)18-25(23)34-11-8-29(6-7-29)9-12-34/h3-4,17-18,20,32,36H,5-16,19H2,1-2H3,(H,31,37)/t20-/m1/s1. The van der Waals surface area contributed by atoms with Crippen LogP contribution in [0, 0.1) is 5.41 Å². The number of likely N-dealkylation sites (N-methyl/N-ethyl adjacent to an activating group) is 1. The molecule has 4 heterocycles. The van der Waals surface area contributed by atoms with Gasteiger partial charge in [0.05, 0.1) is 47.8 Å². The molecule has 4 aliphatic rings. The van der Waals surface area contributed by atoms with Crippen molar-refractivity contribution in [1.29, 1.82) is 0 Å². The van der Waals surface area contributed by atoms with Gasteiger partial charge in [0.2, 0.25) is 10.0 Å². The van der Waals surface area contributed by atoms with Crippen LogP contribution in [-0.2, 0) is 21.2 Å². The Morgan fingerprint density at radius 2 is 1.90 bits per heavy atom. The third-order valence-electron chi connectivity index (χ3n) is 8.93. The van der Waals surface area contributed by atoms with Crippen molar-refractivity contribution in [2.24, 2.45) is 5.41 Å². The number of amides is 1. The number of nitrogens with zero attached hydrogens (tertiary/aromatic N) is 4. The van der Waals surface area contributed by atoms with Gasteiger partial charge in [-0.3, -0.25) is 9.52 Å². The molecule has 1 saturated carbocycles. The number of aliphatic hydroxyl groups excluding tert-OH is 1. The van der Waals surface area contributed by atoms with Crippen molar-refractivity contribution in [1.82, 2.24) is 4.98 Å². The topological polar surface area (TPSA) is 127 Å². The minimum absolute atomic E-state index is 0.0839. The van der Waals surface area contributed by atoms with E-state index in [0.717, 1.165) is 68.2 Å². The number of ether oxygens (including phenoxy) is 1. The summed E-state index contributed by atoms with van der Waals surface area (Å²) in [6, 6.07) is 7.07. The Kier molecular flexibility index (Phi) is 7.50. The highest BCUT2D eigenvalue weighted by atomic mass is 32.2. The average molecular weight is 585 g/mol. The molecule has 3 aliphatic heterocycles. The maximum absolute atomic E-state index is 13.8. The van der Waals surface area contributed by atoms with Crippen LogP contribution in [0.4, 0.5) is 28.6 Å². The first-order valence-corrected chi connectivity index (χ1v) is 16.2. The lowest BCUT2D eigenvalue weighted by molar-refractivity contribution is 0.0530. The van der Waals surface area contributed by atoms with Gasteiger partial charge in [0.25, 0.3) is 5.91 Å². The van der Waals surface area contributed by atoms with E-state index in [2.05, 4.69) is 31.8 Å². The molecule has 41 heavy (non-hydrogen) atoms. The van der Waals surface area contributed by atoms with Gasteiger partial charge >= 0.3 is 0 Å². The van der Waals surface area contributed by atoms with Crippen LogP contribution >= 0.6 is 0 Å². The maximum atomic E-state index is 13.8. The van der Waals surface area contributed by atoms with E-state index in [9.17, 15) is 13.2 Å². The lowest BCUT2D eigenvalue weighted by atomic mass is 9.93. The number of morpholine rings is 1. The number of pyridine rings is 1. The number of fused-ring (bicyclic) bond motifs is 1. The average Bonchev–Trinajstić information content (AvgIpc) is 3.59. The lowest BCUT2D eigenvalue weighted by Gasteiger charge is -2.35. The van der Waals surface area contributed by atoms with Crippen molar-refractivity contribution in [2.75, 3.05) is 83.5 Å². The Morgan fingerprint density at radius 3 is 2.61 bits per heavy atom. The van der Waals surface area contributed by atoms with Crippen LogP contribution < -0.4 is 24.7 Å². The highest BCUT2D eigenvalue weighted by molar-refractivity contribution is 7.92. The van der Waals surface area contributed by atoms with Gasteiger partial charge in [0.1, 0.15) is 5.69 Å². The molecule has 1 atom stereocenters. The summed E-state index contributed by atoms with van der Waals surface area (Å²) in [6.45, 7) is 6.21. The first-order chi connectivity index (χ1) is 19.7. The van der Waals surface area contributed by atoms with Crippen LogP contribution in [0.3, 0.4) is 0 Å². The van der Waals surface area contributed by atoms with Crippen molar-refractivity contribution in [3.8, 4) is 0 Å². The number of carbonyl (C=O) groups is 1. The molecule has 3 fully saturated rings. The van der Waals surface area contributed by atoms with Crippen LogP contribution in [0.2, 0.25) is 0 Å². The molecule has 6 rings (SSSR count). The molecule has 1 aromatic heterocycles. The number of aromatic nitrogens is 1. The Morgan fingerprint density at radius 1 is 1.12 bits per heavy atom. The molecule has 0 radical (unpaired) electrons. The van der Waals surface area contributed by atoms with E-state index in [1.165, 1.54) is 12.8 Å². The van der Waals surface area contributed by atoms with Crippen LogP contribution in [0.25, 0.3) is 0 Å². The summed E-state index contributed by atoms with van der Waals surface area (Å²) in [5.41, 5.74) is 4.83. The number of anilines is 5. The van der Waals surface area contributed by atoms with Crippen molar-refractivity contribution >= 4 is 44.5 Å². The fourth-order valence-electron chi connectivity index (χ4n) is 6.33. The number of rotatable bonds is 8. The summed E-state index contributed by atoms with van der Waals surface area (Å²) in [5.74, 6) is 0.147. The van der Waals surface area contributed by atoms with Gasteiger partial charge in [0, 0.05) is 39.8 Å². The summed E-state index contributed by atoms with van der Waals surface area (Å²) < 4.78 is 33.0. The third kappa shape index (κ3) is 5.96. The Bertz CT molecular complexity index is 1420. The van der Waals surface area contributed by atoms with Gasteiger partial charge < -0.3 is 29.9 Å². The summed E-state index contributed by atoms with van der Waals surface area (Å²) in [5, 5.41) is 12.2. The van der Waals surface area contributed by atoms with E-state index in [1.807, 2.05) is 13.0 Å². The number of hydrogen-bond donors (Lipinski definition) is 3. The van der Waals surface area contributed by atoms with Crippen molar-refractivity contribution in [3.05, 3.63) is 35.5 Å². The van der Waals surface area contributed by atoms with Crippen LogP contribution in [0.5, 0.6) is 0 Å². The number of carbonyl (C=O) groups excluding carboxylic acids is 1. The normalized spacial score (nSPS) is 21.6. The van der Waals surface area contributed by atoms with E-state index < -0.39 is 16.6 Å². The first kappa shape index (κ1) is 28.0. The molecular formula is C29H40N6O5S. The molecule has 0 bridgehead atoms. The van der Waals surface area contributed by atoms with Crippen LogP contribution in [-0.4, -0.2) is 89.3 Å². The van der Waals surface area contributed by atoms with Gasteiger partial charge in [-0.05, 0) is 74.3 Å². The van der Waals surface area contributed by atoms with Crippen molar-refractivity contribution in [3.63, 3.8) is 0 Å². The molecule has 12 heteroatoms. The number of nitrogens with one attached hydrogen (secondary N) is 2. The highest BCUT2D eigenvalue weighted by Crippen LogP contribution is 2.54. The Hall–Kier alpha value is -3.09.